The number of aryl methyl sites for hydroxylation is 1. The van der Waals surface area contributed by atoms with Crippen molar-refractivity contribution in [2.75, 3.05) is 62.4 Å². The van der Waals surface area contributed by atoms with Gasteiger partial charge in [-0.25, -0.2) is 0 Å². The maximum Gasteiger partial charge on any atom is 0.324 e. The van der Waals surface area contributed by atoms with Gasteiger partial charge in [0.05, 0.1) is 34.6 Å². The monoisotopic (exact) mass is 619 g/mol. The highest BCUT2D eigenvalue weighted by Crippen LogP contribution is 2.33. The van der Waals surface area contributed by atoms with E-state index >= 15 is 0 Å². The van der Waals surface area contributed by atoms with E-state index in [0.717, 1.165) is 56.8 Å². The minimum absolute atomic E-state index is 0.0931. The minimum Gasteiger partial charge on any atom is -0.494 e. The molecule has 228 valence electrons. The molecule has 0 bridgehead atoms. The lowest BCUT2D eigenvalue weighted by Crippen LogP contribution is -2.46. The molecule has 1 unspecified atom stereocenters. The summed E-state index contributed by atoms with van der Waals surface area (Å²) in [5.74, 6) is -0.327. The van der Waals surface area contributed by atoms with Crippen LogP contribution in [0.5, 0.6) is 5.75 Å². The molecule has 0 aliphatic carbocycles. The first-order valence-corrected chi connectivity index (χ1v) is 15.1. The SMILES string of the molecule is NCC(=O)CCC(N)C(=O)OCN1C(=O)CCc2ccc(OCCCCN3CCN(c4cccc(Cl)c4Cl)CC3)cc21. The van der Waals surface area contributed by atoms with Gasteiger partial charge in [0.15, 0.2) is 6.73 Å². The lowest BCUT2D eigenvalue weighted by molar-refractivity contribution is -0.145. The Bertz CT molecular complexity index is 1250. The van der Waals surface area contributed by atoms with Crippen LogP contribution in [0.25, 0.3) is 0 Å². The molecule has 1 fully saturated rings. The van der Waals surface area contributed by atoms with Crippen molar-refractivity contribution in [2.24, 2.45) is 11.5 Å². The molecular weight excluding hydrogens is 581 g/mol. The average Bonchev–Trinajstić information content (AvgIpc) is 3.00. The quantitative estimate of drug-likeness (QED) is 0.241. The maximum atomic E-state index is 12.7. The lowest BCUT2D eigenvalue weighted by Gasteiger charge is -2.36. The van der Waals surface area contributed by atoms with Gasteiger partial charge in [-0.1, -0.05) is 35.3 Å². The highest BCUT2D eigenvalue weighted by Gasteiger charge is 2.27. The number of unbranched alkanes of at least 4 members (excludes halogenated alkanes) is 1. The molecule has 0 radical (unpaired) electrons. The van der Waals surface area contributed by atoms with Gasteiger partial charge in [-0.15, -0.1) is 0 Å². The number of nitrogens with two attached hydrogens (primary N) is 2. The minimum atomic E-state index is -0.958. The fourth-order valence-electron chi connectivity index (χ4n) is 5.10. The van der Waals surface area contributed by atoms with Gasteiger partial charge in [0.2, 0.25) is 5.91 Å². The fraction of sp³-hybridized carbons (Fsp3) is 0.500. The smallest absolute Gasteiger partial charge is 0.324 e. The van der Waals surface area contributed by atoms with E-state index in [9.17, 15) is 14.4 Å². The number of fused-ring (bicyclic) bond motifs is 1. The van der Waals surface area contributed by atoms with Crippen molar-refractivity contribution in [3.8, 4) is 5.75 Å². The zero-order valence-corrected chi connectivity index (χ0v) is 25.2. The lowest BCUT2D eigenvalue weighted by atomic mass is 10.0. The molecule has 1 atom stereocenters. The first-order chi connectivity index (χ1) is 20.3. The van der Waals surface area contributed by atoms with Gasteiger partial charge in [-0.05, 0) is 56.0 Å². The van der Waals surface area contributed by atoms with Crippen LogP contribution in [-0.4, -0.2) is 81.2 Å². The Hall–Kier alpha value is -2.89. The van der Waals surface area contributed by atoms with Gasteiger partial charge >= 0.3 is 5.97 Å². The molecule has 0 spiro atoms. The van der Waals surface area contributed by atoms with Crippen molar-refractivity contribution in [3.05, 3.63) is 52.0 Å². The van der Waals surface area contributed by atoms with Gasteiger partial charge in [0, 0.05) is 45.1 Å². The van der Waals surface area contributed by atoms with Crippen molar-refractivity contribution in [2.45, 2.75) is 44.6 Å². The Morgan fingerprint density at radius 1 is 1.00 bits per heavy atom. The zero-order chi connectivity index (χ0) is 30.1. The Labute approximate surface area is 256 Å². The summed E-state index contributed by atoms with van der Waals surface area (Å²) in [4.78, 5) is 42.6. The Kier molecular flexibility index (Phi) is 11.9. The first kappa shape index (κ1) is 32.0. The van der Waals surface area contributed by atoms with Crippen molar-refractivity contribution in [1.29, 1.82) is 0 Å². The van der Waals surface area contributed by atoms with Crippen LogP contribution >= 0.6 is 23.2 Å². The molecular formula is C30H39Cl2N5O5. The molecule has 1 amide bonds. The number of carbonyl (C=O) groups is 3. The van der Waals surface area contributed by atoms with Crippen LogP contribution in [-0.2, 0) is 25.5 Å². The average molecular weight is 621 g/mol. The second-order valence-electron chi connectivity index (χ2n) is 10.5. The van der Waals surface area contributed by atoms with Crippen molar-refractivity contribution < 1.29 is 23.9 Å². The molecule has 0 saturated carbocycles. The topological polar surface area (TPSA) is 131 Å². The molecule has 4 N–H and O–H groups in total. The van der Waals surface area contributed by atoms with Crippen LogP contribution in [0, 0.1) is 0 Å². The summed E-state index contributed by atoms with van der Waals surface area (Å²) in [7, 11) is 0. The summed E-state index contributed by atoms with van der Waals surface area (Å²) >= 11 is 12.6. The summed E-state index contributed by atoms with van der Waals surface area (Å²) in [6.07, 6.45) is 3.07. The second kappa shape index (κ2) is 15.5. The fourth-order valence-corrected chi connectivity index (χ4v) is 5.51. The van der Waals surface area contributed by atoms with Crippen LogP contribution < -0.4 is 26.0 Å². The third kappa shape index (κ3) is 8.58. The number of esters is 1. The van der Waals surface area contributed by atoms with E-state index in [-0.39, 0.29) is 37.8 Å². The summed E-state index contributed by atoms with van der Waals surface area (Å²) in [6.45, 7) is 4.91. The third-order valence-electron chi connectivity index (χ3n) is 7.64. The van der Waals surface area contributed by atoms with Gasteiger partial charge in [0.25, 0.3) is 0 Å². The maximum absolute atomic E-state index is 12.7. The molecule has 2 aromatic rings. The molecule has 4 rings (SSSR count). The molecule has 1 saturated heterocycles. The molecule has 2 aliphatic rings. The van der Waals surface area contributed by atoms with E-state index in [2.05, 4.69) is 9.80 Å². The molecule has 2 aromatic carbocycles. The Balaban J connectivity index is 1.20. The van der Waals surface area contributed by atoms with E-state index in [1.807, 2.05) is 30.3 Å². The van der Waals surface area contributed by atoms with Crippen LogP contribution in [0.2, 0.25) is 10.0 Å². The van der Waals surface area contributed by atoms with Crippen LogP contribution in [0.1, 0.15) is 37.7 Å². The number of Topliss-reactive ketones (excluding diaryl/α,β-unsaturated/α-hetero) is 1. The van der Waals surface area contributed by atoms with E-state index in [1.165, 1.54) is 4.90 Å². The Morgan fingerprint density at radius 2 is 1.79 bits per heavy atom. The molecule has 0 aromatic heterocycles. The number of carbonyl (C=O) groups excluding carboxylic acids is 3. The Morgan fingerprint density at radius 3 is 2.55 bits per heavy atom. The summed E-state index contributed by atoms with van der Waals surface area (Å²) in [5, 5.41) is 1.19. The van der Waals surface area contributed by atoms with Crippen LogP contribution in [0.4, 0.5) is 11.4 Å². The van der Waals surface area contributed by atoms with Crippen LogP contribution in [0.15, 0.2) is 36.4 Å². The number of benzene rings is 2. The molecule has 12 heteroatoms. The van der Waals surface area contributed by atoms with E-state index < -0.39 is 12.0 Å². The molecule has 2 heterocycles. The number of halogens is 2. The van der Waals surface area contributed by atoms with Gasteiger partial charge in [0.1, 0.15) is 17.6 Å². The molecule has 42 heavy (non-hydrogen) atoms. The number of anilines is 2. The predicted molar refractivity (Wildman–Crippen MR) is 164 cm³/mol. The van der Waals surface area contributed by atoms with Gasteiger partial charge < -0.3 is 25.8 Å². The molecule has 10 nitrogen and oxygen atoms in total. The van der Waals surface area contributed by atoms with Gasteiger partial charge in [-0.2, -0.15) is 0 Å². The standard InChI is InChI=1S/C30H39Cl2N5O5/c31-24-4-3-5-26(29(24)32)36-15-13-35(14-16-36)12-1-2-17-41-23-9-6-21-7-11-28(39)37(27(21)18-23)20-42-30(40)25(34)10-8-22(38)19-33/h3-6,9,18,25H,1-2,7-8,10-17,19-20,33-34H2. The summed E-state index contributed by atoms with van der Waals surface area (Å²) in [5.41, 5.74) is 13.8. The van der Waals surface area contributed by atoms with E-state index in [4.69, 9.17) is 44.1 Å². The van der Waals surface area contributed by atoms with Crippen molar-refractivity contribution in [1.82, 2.24) is 4.90 Å². The first-order valence-electron chi connectivity index (χ1n) is 14.4. The molecule has 2 aliphatic heterocycles. The number of hydrogen-bond acceptors (Lipinski definition) is 9. The largest absolute Gasteiger partial charge is 0.494 e. The summed E-state index contributed by atoms with van der Waals surface area (Å²) < 4.78 is 11.3. The number of nitrogens with zero attached hydrogens (tertiary/aromatic N) is 3. The summed E-state index contributed by atoms with van der Waals surface area (Å²) in [6, 6.07) is 10.5. The number of ether oxygens (including phenoxy) is 2. The number of hydrogen-bond donors (Lipinski definition) is 2. The van der Waals surface area contributed by atoms with Crippen molar-refractivity contribution in [3.63, 3.8) is 0 Å². The highest BCUT2D eigenvalue weighted by molar-refractivity contribution is 6.43. The van der Waals surface area contributed by atoms with Crippen molar-refractivity contribution >= 4 is 52.2 Å². The van der Waals surface area contributed by atoms with E-state index in [1.54, 1.807) is 6.07 Å². The second-order valence-corrected chi connectivity index (χ2v) is 11.3. The number of piperazine rings is 1. The van der Waals surface area contributed by atoms with Crippen LogP contribution in [0.3, 0.4) is 0 Å². The van der Waals surface area contributed by atoms with E-state index in [0.29, 0.717) is 40.9 Å². The predicted octanol–water partition coefficient (Wildman–Crippen LogP) is 3.39. The number of ketones is 1. The number of amides is 1. The zero-order valence-electron chi connectivity index (χ0n) is 23.7. The number of rotatable bonds is 14. The third-order valence-corrected chi connectivity index (χ3v) is 8.45. The highest BCUT2D eigenvalue weighted by atomic mass is 35.5. The normalized spacial score (nSPS) is 16.2. The van der Waals surface area contributed by atoms with Gasteiger partial charge in [-0.3, -0.25) is 24.2 Å².